The number of piperazine rings is 1. The number of fused-ring (bicyclic) bond motifs is 2. The highest BCUT2D eigenvalue weighted by Crippen LogP contribution is 2.44. The molecule has 16 heavy (non-hydrogen) atoms. The lowest BCUT2D eigenvalue weighted by molar-refractivity contribution is -0.249. The molecule has 0 radical (unpaired) electrons. The summed E-state index contributed by atoms with van der Waals surface area (Å²) >= 11 is 0. The van der Waals surface area contributed by atoms with Crippen molar-refractivity contribution >= 4 is 0 Å². The molecule has 0 saturated carbocycles. The number of ether oxygens (including phenoxy) is 4. The molecular weight excluding hydrogens is 212 g/mol. The second-order valence-corrected chi connectivity index (χ2v) is 5.10. The molecule has 5 fully saturated rings. The summed E-state index contributed by atoms with van der Waals surface area (Å²) in [5, 5.41) is 0. The van der Waals surface area contributed by atoms with Gasteiger partial charge in [-0.1, -0.05) is 0 Å². The van der Waals surface area contributed by atoms with Gasteiger partial charge in [-0.2, -0.15) is 0 Å². The van der Waals surface area contributed by atoms with E-state index in [9.17, 15) is 0 Å². The number of hydrogen-bond donors (Lipinski definition) is 0. The standard InChI is InChI=1S/C10H14N2O4/c1-5-2-14-9-10-12-6(4-16-10)3-15-8(12)7(13-1)11(5)9/h5-10H,1-4H2. The van der Waals surface area contributed by atoms with Crippen LogP contribution in [-0.2, 0) is 18.9 Å². The van der Waals surface area contributed by atoms with Crippen molar-refractivity contribution in [1.82, 2.24) is 9.80 Å². The summed E-state index contributed by atoms with van der Waals surface area (Å²) < 4.78 is 23.4. The van der Waals surface area contributed by atoms with Crippen molar-refractivity contribution in [3.63, 3.8) is 0 Å². The van der Waals surface area contributed by atoms with E-state index in [1.54, 1.807) is 0 Å². The lowest BCUT2D eigenvalue weighted by atomic mass is 10.2. The van der Waals surface area contributed by atoms with Gasteiger partial charge in [0.15, 0.2) is 24.9 Å². The van der Waals surface area contributed by atoms with Crippen LogP contribution in [0.3, 0.4) is 0 Å². The fraction of sp³-hybridized carbons (Fsp3) is 1.00. The second kappa shape index (κ2) is 2.77. The minimum absolute atomic E-state index is 0.0421. The summed E-state index contributed by atoms with van der Waals surface area (Å²) in [6, 6.07) is 0.785. The third kappa shape index (κ3) is 0.836. The van der Waals surface area contributed by atoms with Crippen molar-refractivity contribution in [2.75, 3.05) is 26.4 Å². The van der Waals surface area contributed by atoms with Gasteiger partial charge in [-0.25, -0.2) is 9.80 Å². The normalized spacial score (nSPS) is 59.2. The van der Waals surface area contributed by atoms with Crippen LogP contribution >= 0.6 is 0 Å². The van der Waals surface area contributed by atoms with E-state index in [0.29, 0.717) is 12.1 Å². The van der Waals surface area contributed by atoms with E-state index >= 15 is 0 Å². The van der Waals surface area contributed by atoms with E-state index < -0.39 is 0 Å². The molecule has 0 amide bonds. The van der Waals surface area contributed by atoms with Gasteiger partial charge in [-0.05, 0) is 0 Å². The minimum atomic E-state index is 0.0421. The zero-order valence-electron chi connectivity index (χ0n) is 8.82. The Morgan fingerprint density at radius 2 is 0.875 bits per heavy atom. The molecule has 0 aromatic rings. The topological polar surface area (TPSA) is 43.4 Å². The van der Waals surface area contributed by atoms with Gasteiger partial charge in [0.05, 0.1) is 38.5 Å². The summed E-state index contributed by atoms with van der Waals surface area (Å²) in [4.78, 5) is 4.61. The molecule has 0 spiro atoms. The predicted octanol–water partition coefficient (Wildman–Crippen LogP) is -1.23. The molecule has 0 bridgehead atoms. The summed E-state index contributed by atoms with van der Waals surface area (Å²) in [5.41, 5.74) is 0. The zero-order valence-corrected chi connectivity index (χ0v) is 8.82. The fourth-order valence-corrected chi connectivity index (χ4v) is 3.66. The average Bonchev–Trinajstić information content (AvgIpc) is 2.97. The van der Waals surface area contributed by atoms with Crippen LogP contribution in [0, 0.1) is 0 Å². The molecule has 5 aliphatic rings. The first kappa shape index (κ1) is 8.79. The third-order valence-corrected chi connectivity index (χ3v) is 4.34. The van der Waals surface area contributed by atoms with Gasteiger partial charge in [0, 0.05) is 0 Å². The molecule has 0 aliphatic carbocycles. The van der Waals surface area contributed by atoms with Crippen LogP contribution in [0.15, 0.2) is 0 Å². The SMILES string of the molecule is C1OC2C3OCC4COC(C5OCC1N25)N43. The molecule has 4 unspecified atom stereocenters. The summed E-state index contributed by atoms with van der Waals surface area (Å²) in [7, 11) is 0. The summed E-state index contributed by atoms with van der Waals surface area (Å²) in [6.07, 6.45) is 0.168. The highest BCUT2D eigenvalue weighted by molar-refractivity contribution is 5.04. The Labute approximate surface area is 93.0 Å². The van der Waals surface area contributed by atoms with Crippen molar-refractivity contribution in [2.24, 2.45) is 0 Å². The van der Waals surface area contributed by atoms with Crippen molar-refractivity contribution in [3.8, 4) is 0 Å². The Morgan fingerprint density at radius 1 is 0.562 bits per heavy atom. The van der Waals surface area contributed by atoms with Gasteiger partial charge < -0.3 is 18.9 Å². The Balaban J connectivity index is 1.61. The van der Waals surface area contributed by atoms with Gasteiger partial charge in [0.25, 0.3) is 0 Å². The second-order valence-electron chi connectivity index (χ2n) is 5.10. The molecule has 5 rings (SSSR count). The molecule has 5 heterocycles. The first-order chi connectivity index (χ1) is 7.93. The first-order valence-electron chi connectivity index (χ1n) is 5.95. The highest BCUT2D eigenvalue weighted by Gasteiger charge is 2.63. The quantitative estimate of drug-likeness (QED) is 0.515. The lowest BCUT2D eigenvalue weighted by Gasteiger charge is -2.44. The maximum Gasteiger partial charge on any atom is 0.153 e. The molecule has 0 aromatic heterocycles. The van der Waals surface area contributed by atoms with Gasteiger partial charge in [0.2, 0.25) is 0 Å². The predicted molar refractivity (Wildman–Crippen MR) is 50.2 cm³/mol. The van der Waals surface area contributed by atoms with Gasteiger partial charge in [0.1, 0.15) is 0 Å². The van der Waals surface area contributed by atoms with Crippen LogP contribution in [0.4, 0.5) is 0 Å². The van der Waals surface area contributed by atoms with Crippen molar-refractivity contribution in [2.45, 2.75) is 37.0 Å². The lowest BCUT2D eigenvalue weighted by Crippen LogP contribution is -2.64. The van der Waals surface area contributed by atoms with Crippen LogP contribution in [0.1, 0.15) is 0 Å². The van der Waals surface area contributed by atoms with Gasteiger partial charge in [-0.3, -0.25) is 0 Å². The monoisotopic (exact) mass is 226 g/mol. The van der Waals surface area contributed by atoms with Crippen LogP contribution in [0.25, 0.3) is 0 Å². The van der Waals surface area contributed by atoms with Crippen LogP contribution in [0.5, 0.6) is 0 Å². The van der Waals surface area contributed by atoms with Gasteiger partial charge >= 0.3 is 0 Å². The molecular formula is C10H14N2O4. The van der Waals surface area contributed by atoms with Crippen molar-refractivity contribution in [1.29, 1.82) is 0 Å². The van der Waals surface area contributed by atoms with E-state index in [4.69, 9.17) is 18.9 Å². The van der Waals surface area contributed by atoms with Crippen LogP contribution in [0.2, 0.25) is 0 Å². The van der Waals surface area contributed by atoms with E-state index in [-0.39, 0.29) is 24.9 Å². The molecule has 88 valence electrons. The molecule has 0 aromatic carbocycles. The zero-order chi connectivity index (χ0) is 10.3. The molecule has 6 nitrogen and oxygen atoms in total. The third-order valence-electron chi connectivity index (χ3n) is 4.34. The Kier molecular flexibility index (Phi) is 1.52. The van der Waals surface area contributed by atoms with Crippen LogP contribution < -0.4 is 0 Å². The number of nitrogens with zero attached hydrogens (tertiary/aromatic N) is 2. The van der Waals surface area contributed by atoms with Crippen LogP contribution in [-0.4, -0.2) is 73.2 Å². The maximum atomic E-state index is 5.85. The Bertz CT molecular complexity index is 281. The highest BCUT2D eigenvalue weighted by atomic mass is 16.6. The van der Waals surface area contributed by atoms with Crippen molar-refractivity contribution in [3.05, 3.63) is 0 Å². The van der Waals surface area contributed by atoms with E-state index in [2.05, 4.69) is 9.80 Å². The summed E-state index contributed by atoms with van der Waals surface area (Å²) in [6.45, 7) is 3.02. The van der Waals surface area contributed by atoms with E-state index in [1.807, 2.05) is 0 Å². The number of rotatable bonds is 0. The van der Waals surface area contributed by atoms with E-state index in [1.165, 1.54) is 0 Å². The molecule has 5 saturated heterocycles. The molecule has 6 heteroatoms. The minimum Gasteiger partial charge on any atom is -0.357 e. The molecule has 4 atom stereocenters. The van der Waals surface area contributed by atoms with Gasteiger partial charge in [-0.15, -0.1) is 0 Å². The fourth-order valence-electron chi connectivity index (χ4n) is 3.66. The average molecular weight is 226 g/mol. The Hall–Kier alpha value is -0.240. The number of hydrogen-bond acceptors (Lipinski definition) is 6. The summed E-state index contributed by atoms with van der Waals surface area (Å²) in [5.74, 6) is 0. The molecule has 0 N–H and O–H groups in total. The maximum absolute atomic E-state index is 5.85. The molecule has 5 aliphatic heterocycles. The smallest absolute Gasteiger partial charge is 0.153 e. The largest absolute Gasteiger partial charge is 0.357 e. The Morgan fingerprint density at radius 3 is 1.19 bits per heavy atom. The first-order valence-corrected chi connectivity index (χ1v) is 5.95. The van der Waals surface area contributed by atoms with E-state index in [0.717, 1.165) is 26.4 Å². The van der Waals surface area contributed by atoms with Crippen molar-refractivity contribution < 1.29 is 18.9 Å².